The number of likely N-dealkylation sites (N-methyl/N-ethyl adjacent to an activating group) is 1. The van der Waals surface area contributed by atoms with E-state index in [0.717, 1.165) is 32.8 Å². The van der Waals surface area contributed by atoms with Crippen LogP contribution in [0.15, 0.2) is 18.2 Å². The van der Waals surface area contributed by atoms with E-state index in [4.69, 9.17) is 9.47 Å². The predicted molar refractivity (Wildman–Crippen MR) is 77.5 cm³/mol. The minimum atomic E-state index is 0.265. The largest absolute Gasteiger partial charge is 0.381 e. The molecule has 1 saturated heterocycles. The zero-order valence-electron chi connectivity index (χ0n) is 12.2. The lowest BCUT2D eigenvalue weighted by Crippen LogP contribution is -2.23. The Morgan fingerprint density at radius 2 is 2.05 bits per heavy atom. The molecule has 0 aliphatic carbocycles. The van der Waals surface area contributed by atoms with Crippen LogP contribution in [-0.2, 0) is 9.47 Å². The molecule has 106 valence electrons. The first-order valence-electron chi connectivity index (χ1n) is 7.10. The third kappa shape index (κ3) is 4.30. The standard InChI is InChI=1S/C16H25NO2/c1-12-6-13(2)8-15(7-12)16(17-3)11-19-10-14-4-5-18-9-14/h6-8,14,16-17H,4-5,9-11H2,1-3H3. The van der Waals surface area contributed by atoms with Crippen molar-refractivity contribution < 1.29 is 9.47 Å². The lowest BCUT2D eigenvalue weighted by atomic mass is 10.0. The highest BCUT2D eigenvalue weighted by Crippen LogP contribution is 2.18. The van der Waals surface area contributed by atoms with E-state index in [-0.39, 0.29) is 6.04 Å². The third-order valence-electron chi connectivity index (χ3n) is 3.66. The van der Waals surface area contributed by atoms with E-state index < -0.39 is 0 Å². The Kier molecular flexibility index (Phi) is 5.37. The van der Waals surface area contributed by atoms with E-state index in [1.54, 1.807) is 0 Å². The molecule has 3 nitrogen and oxygen atoms in total. The maximum absolute atomic E-state index is 5.86. The van der Waals surface area contributed by atoms with Crippen molar-refractivity contribution in [2.45, 2.75) is 26.3 Å². The number of hydrogen-bond acceptors (Lipinski definition) is 3. The van der Waals surface area contributed by atoms with Gasteiger partial charge in [0.2, 0.25) is 0 Å². The predicted octanol–water partition coefficient (Wildman–Crippen LogP) is 2.62. The molecule has 1 aromatic carbocycles. The van der Waals surface area contributed by atoms with Crippen molar-refractivity contribution >= 4 is 0 Å². The van der Waals surface area contributed by atoms with Crippen molar-refractivity contribution in [3.8, 4) is 0 Å². The first kappa shape index (κ1) is 14.5. The van der Waals surface area contributed by atoms with E-state index in [1.165, 1.54) is 16.7 Å². The second-order valence-electron chi connectivity index (χ2n) is 5.53. The second kappa shape index (κ2) is 7.04. The fourth-order valence-corrected chi connectivity index (χ4v) is 2.62. The maximum atomic E-state index is 5.86. The van der Waals surface area contributed by atoms with E-state index in [2.05, 4.69) is 37.4 Å². The second-order valence-corrected chi connectivity index (χ2v) is 5.53. The minimum Gasteiger partial charge on any atom is -0.381 e. The molecule has 2 unspecified atom stereocenters. The fraction of sp³-hybridized carbons (Fsp3) is 0.625. The summed E-state index contributed by atoms with van der Waals surface area (Å²) in [6, 6.07) is 6.93. The van der Waals surface area contributed by atoms with Crippen LogP contribution in [0.5, 0.6) is 0 Å². The number of rotatable bonds is 6. The number of benzene rings is 1. The maximum Gasteiger partial charge on any atom is 0.0661 e. The van der Waals surface area contributed by atoms with Crippen molar-refractivity contribution in [3.05, 3.63) is 34.9 Å². The van der Waals surface area contributed by atoms with Gasteiger partial charge >= 0.3 is 0 Å². The highest BCUT2D eigenvalue weighted by molar-refractivity contribution is 5.30. The summed E-state index contributed by atoms with van der Waals surface area (Å²) in [6.07, 6.45) is 1.13. The molecule has 0 radical (unpaired) electrons. The Morgan fingerprint density at radius 1 is 1.32 bits per heavy atom. The molecule has 1 aliphatic rings. The smallest absolute Gasteiger partial charge is 0.0661 e. The Labute approximate surface area is 116 Å². The van der Waals surface area contributed by atoms with Gasteiger partial charge < -0.3 is 14.8 Å². The molecule has 19 heavy (non-hydrogen) atoms. The molecule has 1 fully saturated rings. The SMILES string of the molecule is CNC(COCC1CCOC1)c1cc(C)cc(C)c1. The van der Waals surface area contributed by atoms with E-state index in [0.29, 0.717) is 5.92 Å². The van der Waals surface area contributed by atoms with Gasteiger partial charge in [0.1, 0.15) is 0 Å². The van der Waals surface area contributed by atoms with E-state index >= 15 is 0 Å². The van der Waals surface area contributed by atoms with Crippen LogP contribution in [0, 0.1) is 19.8 Å². The lowest BCUT2D eigenvalue weighted by molar-refractivity contribution is 0.0758. The van der Waals surface area contributed by atoms with Crippen LogP contribution in [0.3, 0.4) is 0 Å². The Bertz CT molecular complexity index is 379. The summed E-state index contributed by atoms with van der Waals surface area (Å²) in [5, 5.41) is 3.34. The molecule has 1 aromatic rings. The molecule has 0 bridgehead atoms. The molecule has 2 rings (SSSR count). The van der Waals surface area contributed by atoms with Gasteiger partial charge in [-0.05, 0) is 32.9 Å². The quantitative estimate of drug-likeness (QED) is 0.856. The molecule has 1 heterocycles. The molecule has 0 saturated carbocycles. The fourth-order valence-electron chi connectivity index (χ4n) is 2.62. The lowest BCUT2D eigenvalue weighted by Gasteiger charge is -2.19. The number of hydrogen-bond donors (Lipinski definition) is 1. The Morgan fingerprint density at radius 3 is 2.63 bits per heavy atom. The van der Waals surface area contributed by atoms with Crippen molar-refractivity contribution in [2.75, 3.05) is 33.5 Å². The van der Waals surface area contributed by atoms with Gasteiger partial charge in [0.25, 0.3) is 0 Å². The van der Waals surface area contributed by atoms with E-state index in [9.17, 15) is 0 Å². The van der Waals surface area contributed by atoms with Crippen molar-refractivity contribution in [1.29, 1.82) is 0 Å². The van der Waals surface area contributed by atoms with Crippen LogP contribution < -0.4 is 5.32 Å². The first-order valence-corrected chi connectivity index (χ1v) is 7.10. The molecule has 1 N–H and O–H groups in total. The summed E-state index contributed by atoms with van der Waals surface area (Å²) in [5.74, 6) is 0.580. The van der Waals surface area contributed by atoms with Gasteiger partial charge in [-0.2, -0.15) is 0 Å². The highest BCUT2D eigenvalue weighted by atomic mass is 16.5. The average molecular weight is 263 g/mol. The summed E-state index contributed by atoms with van der Waals surface area (Å²) >= 11 is 0. The summed E-state index contributed by atoms with van der Waals surface area (Å²) in [7, 11) is 1.99. The molecular formula is C16H25NO2. The summed E-state index contributed by atoms with van der Waals surface area (Å²) in [5.41, 5.74) is 3.92. The van der Waals surface area contributed by atoms with Crippen LogP contribution in [-0.4, -0.2) is 33.5 Å². The van der Waals surface area contributed by atoms with Gasteiger partial charge in [-0.15, -0.1) is 0 Å². The van der Waals surface area contributed by atoms with Crippen LogP contribution >= 0.6 is 0 Å². The molecule has 1 aliphatic heterocycles. The molecule has 2 atom stereocenters. The van der Waals surface area contributed by atoms with Gasteiger partial charge in [0, 0.05) is 12.5 Å². The van der Waals surface area contributed by atoms with Crippen molar-refractivity contribution in [2.24, 2.45) is 5.92 Å². The van der Waals surface area contributed by atoms with Crippen LogP contribution in [0.2, 0.25) is 0 Å². The van der Waals surface area contributed by atoms with E-state index in [1.807, 2.05) is 7.05 Å². The number of ether oxygens (including phenoxy) is 2. The third-order valence-corrected chi connectivity index (χ3v) is 3.66. The summed E-state index contributed by atoms with van der Waals surface area (Å²) in [6.45, 7) is 7.55. The highest BCUT2D eigenvalue weighted by Gasteiger charge is 2.17. The van der Waals surface area contributed by atoms with Crippen LogP contribution in [0.25, 0.3) is 0 Å². The van der Waals surface area contributed by atoms with Gasteiger partial charge in [-0.1, -0.05) is 29.3 Å². The van der Waals surface area contributed by atoms with Gasteiger partial charge in [0.15, 0.2) is 0 Å². The zero-order chi connectivity index (χ0) is 13.7. The minimum absolute atomic E-state index is 0.265. The van der Waals surface area contributed by atoms with Gasteiger partial charge in [0.05, 0.1) is 25.9 Å². The van der Waals surface area contributed by atoms with Crippen LogP contribution in [0.1, 0.15) is 29.2 Å². The zero-order valence-corrected chi connectivity index (χ0v) is 12.2. The number of nitrogens with one attached hydrogen (secondary N) is 1. The van der Waals surface area contributed by atoms with Crippen LogP contribution in [0.4, 0.5) is 0 Å². The molecule has 0 aromatic heterocycles. The van der Waals surface area contributed by atoms with Gasteiger partial charge in [-0.3, -0.25) is 0 Å². The summed E-state index contributed by atoms with van der Waals surface area (Å²) in [4.78, 5) is 0. The number of aryl methyl sites for hydroxylation is 2. The average Bonchev–Trinajstić information content (AvgIpc) is 2.86. The molecule has 0 amide bonds. The molecular weight excluding hydrogens is 238 g/mol. The molecule has 3 heteroatoms. The Hall–Kier alpha value is -0.900. The van der Waals surface area contributed by atoms with Crippen molar-refractivity contribution in [1.82, 2.24) is 5.32 Å². The normalized spacial score (nSPS) is 20.7. The topological polar surface area (TPSA) is 30.5 Å². The molecule has 0 spiro atoms. The monoisotopic (exact) mass is 263 g/mol. The first-order chi connectivity index (χ1) is 9.19. The van der Waals surface area contributed by atoms with Gasteiger partial charge in [-0.25, -0.2) is 0 Å². The summed E-state index contributed by atoms with van der Waals surface area (Å²) < 4.78 is 11.2. The van der Waals surface area contributed by atoms with Crippen molar-refractivity contribution in [3.63, 3.8) is 0 Å². The Balaban J connectivity index is 1.87.